The number of esters is 1. The van der Waals surface area contributed by atoms with Crippen LogP contribution in [0.2, 0.25) is 0 Å². The summed E-state index contributed by atoms with van der Waals surface area (Å²) < 4.78 is 41.4. The molecule has 0 aliphatic heterocycles. The van der Waals surface area contributed by atoms with E-state index >= 15 is 0 Å². The molecule has 3 rings (SSSR count). The van der Waals surface area contributed by atoms with E-state index in [1.54, 1.807) is 6.07 Å². The Kier molecular flexibility index (Phi) is 7.07. The van der Waals surface area contributed by atoms with Gasteiger partial charge in [-0.05, 0) is 129 Å². The number of fused-ring (bicyclic) bond motifs is 1. The highest BCUT2D eigenvalue weighted by molar-refractivity contribution is 14.1. The van der Waals surface area contributed by atoms with Gasteiger partial charge in [0.1, 0.15) is 5.75 Å². The fraction of sp³-hybridized carbons (Fsp3) is 0.278. The molecule has 0 radical (unpaired) electrons. The molecule has 5 nitrogen and oxygen atoms in total. The van der Waals surface area contributed by atoms with Crippen molar-refractivity contribution in [3.63, 3.8) is 0 Å². The van der Waals surface area contributed by atoms with Gasteiger partial charge in [-0.1, -0.05) is 6.42 Å². The van der Waals surface area contributed by atoms with Crippen molar-refractivity contribution in [2.24, 2.45) is 0 Å². The van der Waals surface area contributed by atoms with Crippen LogP contribution in [0.25, 0.3) is 0 Å². The molecule has 2 aromatic carbocycles. The summed E-state index contributed by atoms with van der Waals surface area (Å²) in [5.74, 6) is -0.101. The average Bonchev–Trinajstić information content (AvgIpc) is 2.83. The first-order valence-electron chi connectivity index (χ1n) is 8.17. The van der Waals surface area contributed by atoms with Crippen molar-refractivity contribution in [3.8, 4) is 5.75 Å². The van der Waals surface area contributed by atoms with Crippen LogP contribution in [0.5, 0.6) is 5.75 Å². The molecular weight excluding hydrogens is 709 g/mol. The van der Waals surface area contributed by atoms with Gasteiger partial charge in [0, 0.05) is 10.7 Å². The fourth-order valence-corrected chi connectivity index (χ4v) is 6.33. The smallest absolute Gasteiger partial charge is 0.344 e. The van der Waals surface area contributed by atoms with E-state index in [0.717, 1.165) is 30.0 Å². The van der Waals surface area contributed by atoms with Crippen molar-refractivity contribution in [1.29, 1.82) is 0 Å². The van der Waals surface area contributed by atoms with Gasteiger partial charge in [0.25, 0.3) is 10.1 Å². The molecule has 1 aliphatic rings. The number of carbonyl (C=O) groups is 1. The van der Waals surface area contributed by atoms with Crippen LogP contribution in [0.3, 0.4) is 0 Å². The highest BCUT2D eigenvalue weighted by Gasteiger charge is 2.25. The van der Waals surface area contributed by atoms with Crippen LogP contribution < -0.4 is 4.74 Å². The van der Waals surface area contributed by atoms with Gasteiger partial charge < -0.3 is 4.74 Å². The second-order valence-electron chi connectivity index (χ2n) is 6.19. The van der Waals surface area contributed by atoms with E-state index in [2.05, 4.69) is 67.8 Å². The number of carbonyl (C=O) groups excluding carboxylic acids is 1. The third kappa shape index (κ3) is 4.95. The van der Waals surface area contributed by atoms with Crippen LogP contribution in [0.1, 0.15) is 40.7 Å². The predicted octanol–water partition coefficient (Wildman–Crippen LogP) is 5.24. The lowest BCUT2D eigenvalue weighted by atomic mass is 10.0. The third-order valence-electron chi connectivity index (χ3n) is 4.39. The van der Waals surface area contributed by atoms with E-state index in [9.17, 15) is 17.8 Å². The Morgan fingerprint density at radius 2 is 1.67 bits per heavy atom. The molecule has 0 spiro atoms. The van der Waals surface area contributed by atoms with Crippen LogP contribution in [0, 0.1) is 10.7 Å². The van der Waals surface area contributed by atoms with Gasteiger partial charge in [-0.25, -0.2) is 4.79 Å². The lowest BCUT2D eigenvalue weighted by Gasteiger charge is -2.16. The fourth-order valence-electron chi connectivity index (χ4n) is 3.18. The number of hydrogen-bond acceptors (Lipinski definition) is 4. The summed E-state index contributed by atoms with van der Waals surface area (Å²) in [5.41, 5.74) is 1.74. The minimum atomic E-state index is -4.32. The Balaban J connectivity index is 2.04. The SMILES string of the molecule is O=C(Oc1ccc(S(=O)(=O)O)c2c1CCCCC2)c1cc(I)cc(I)c1I. The van der Waals surface area contributed by atoms with E-state index in [1.165, 1.54) is 12.1 Å². The van der Waals surface area contributed by atoms with Gasteiger partial charge in [0.05, 0.1) is 10.5 Å². The van der Waals surface area contributed by atoms with E-state index in [1.807, 2.05) is 6.07 Å². The summed E-state index contributed by atoms with van der Waals surface area (Å²) in [6, 6.07) is 6.55. The second-order valence-corrected chi connectivity index (χ2v) is 11.1. The average molecular weight is 724 g/mol. The van der Waals surface area contributed by atoms with E-state index in [-0.39, 0.29) is 4.90 Å². The molecule has 2 aromatic rings. The van der Waals surface area contributed by atoms with Gasteiger partial charge in [0.2, 0.25) is 0 Å². The van der Waals surface area contributed by atoms with Crippen molar-refractivity contribution in [2.75, 3.05) is 0 Å². The first-order valence-corrected chi connectivity index (χ1v) is 12.8. The number of ether oxygens (including phenoxy) is 1. The maximum absolute atomic E-state index is 12.8. The first-order chi connectivity index (χ1) is 12.7. The largest absolute Gasteiger partial charge is 0.423 e. The topological polar surface area (TPSA) is 80.7 Å². The second kappa shape index (κ2) is 8.79. The Morgan fingerprint density at radius 1 is 1.00 bits per heavy atom. The molecule has 0 amide bonds. The molecule has 0 aromatic heterocycles. The molecule has 1 N–H and O–H groups in total. The van der Waals surface area contributed by atoms with Crippen molar-refractivity contribution in [3.05, 3.63) is 51.7 Å². The lowest BCUT2D eigenvalue weighted by molar-refractivity contribution is 0.0731. The first kappa shape index (κ1) is 21.7. The zero-order chi connectivity index (χ0) is 19.8. The van der Waals surface area contributed by atoms with Crippen molar-refractivity contribution < 1.29 is 22.5 Å². The molecule has 9 heteroatoms. The zero-order valence-corrected chi connectivity index (χ0v) is 21.3. The summed E-state index contributed by atoms with van der Waals surface area (Å²) in [7, 11) is -4.32. The van der Waals surface area contributed by atoms with Crippen molar-refractivity contribution in [2.45, 2.75) is 37.0 Å². The Labute approximate surface area is 198 Å². The molecule has 0 saturated carbocycles. The van der Waals surface area contributed by atoms with Crippen molar-refractivity contribution >= 4 is 83.9 Å². The number of hydrogen-bond donors (Lipinski definition) is 1. The maximum Gasteiger partial charge on any atom is 0.344 e. The molecule has 1 aliphatic carbocycles. The number of rotatable bonds is 3. The molecule has 0 bridgehead atoms. The van der Waals surface area contributed by atoms with Crippen molar-refractivity contribution in [1.82, 2.24) is 0 Å². The molecule has 0 atom stereocenters. The monoisotopic (exact) mass is 724 g/mol. The minimum Gasteiger partial charge on any atom is -0.423 e. The van der Waals surface area contributed by atoms with Gasteiger partial charge in [-0.3, -0.25) is 4.55 Å². The molecule has 0 saturated heterocycles. The van der Waals surface area contributed by atoms with Crippen LogP contribution in [0.15, 0.2) is 29.2 Å². The predicted molar refractivity (Wildman–Crippen MR) is 127 cm³/mol. The standard InChI is InChI=1S/C18H15I3O5S/c19-10-8-13(17(21)14(20)9-10)18(22)26-15-6-7-16(27(23,24)25)12-5-3-1-2-4-11(12)15/h6-9H,1-5H2,(H,23,24,25). The number of benzene rings is 2. The number of halogens is 3. The summed E-state index contributed by atoms with van der Waals surface area (Å²) in [6.07, 6.45) is 3.82. The van der Waals surface area contributed by atoms with Crippen LogP contribution >= 0.6 is 67.8 Å². The van der Waals surface area contributed by atoms with E-state index < -0.39 is 16.1 Å². The minimum absolute atomic E-state index is 0.0856. The Morgan fingerprint density at radius 3 is 2.33 bits per heavy atom. The summed E-state index contributed by atoms with van der Waals surface area (Å²) in [6.45, 7) is 0. The summed E-state index contributed by atoms with van der Waals surface area (Å²) in [5, 5.41) is 0. The van der Waals surface area contributed by atoms with Gasteiger partial charge >= 0.3 is 5.97 Å². The Hall–Kier alpha value is 0.0100. The maximum atomic E-state index is 12.8. The van der Waals surface area contributed by atoms with Gasteiger partial charge in [0.15, 0.2) is 0 Å². The zero-order valence-electron chi connectivity index (χ0n) is 14.0. The van der Waals surface area contributed by atoms with Crippen LogP contribution in [0.4, 0.5) is 0 Å². The molecular formula is C18H15I3O5S. The molecule has 144 valence electrons. The van der Waals surface area contributed by atoms with Crippen LogP contribution in [-0.4, -0.2) is 18.9 Å². The normalized spacial score (nSPS) is 14.4. The van der Waals surface area contributed by atoms with E-state index in [4.69, 9.17) is 4.74 Å². The highest BCUT2D eigenvalue weighted by atomic mass is 127. The summed E-state index contributed by atoms with van der Waals surface area (Å²) in [4.78, 5) is 12.7. The molecule has 0 heterocycles. The Bertz CT molecular complexity index is 1020. The lowest BCUT2D eigenvalue weighted by Crippen LogP contribution is -2.14. The quantitative estimate of drug-likeness (QED) is 0.117. The van der Waals surface area contributed by atoms with E-state index in [0.29, 0.717) is 35.3 Å². The third-order valence-corrected chi connectivity index (χ3v) is 9.00. The summed E-state index contributed by atoms with van der Waals surface area (Å²) >= 11 is 6.45. The van der Waals surface area contributed by atoms with Gasteiger partial charge in [-0.2, -0.15) is 8.42 Å². The molecule has 27 heavy (non-hydrogen) atoms. The van der Waals surface area contributed by atoms with Crippen LogP contribution in [-0.2, 0) is 23.0 Å². The van der Waals surface area contributed by atoms with Gasteiger partial charge in [-0.15, -0.1) is 0 Å². The molecule has 0 unspecified atom stereocenters. The molecule has 0 fully saturated rings. The highest BCUT2D eigenvalue weighted by Crippen LogP contribution is 2.34.